The Kier molecular flexibility index (Phi) is 6.88. The first-order chi connectivity index (χ1) is 12.9. The zero-order valence-electron chi connectivity index (χ0n) is 15.3. The largest absolute Gasteiger partial charge is 0.449 e. The lowest BCUT2D eigenvalue weighted by Crippen LogP contribution is -2.38. The highest BCUT2D eigenvalue weighted by atomic mass is 79.9. The van der Waals surface area contributed by atoms with E-state index in [9.17, 15) is 9.59 Å². The molecule has 3 rings (SSSR count). The highest BCUT2D eigenvalue weighted by molar-refractivity contribution is 9.10. The first kappa shape index (κ1) is 20.3. The molecular formula is C18H22BrN3O3S2. The van der Waals surface area contributed by atoms with Crippen LogP contribution in [0, 0.1) is 5.92 Å². The number of hydrogen-bond acceptors (Lipinski definition) is 6. The number of thiazole rings is 1. The van der Waals surface area contributed by atoms with Gasteiger partial charge in [0.2, 0.25) is 0 Å². The zero-order chi connectivity index (χ0) is 19.4. The van der Waals surface area contributed by atoms with Crippen molar-refractivity contribution in [3.05, 3.63) is 27.0 Å². The third kappa shape index (κ3) is 5.30. The molecule has 1 fully saturated rings. The van der Waals surface area contributed by atoms with Gasteiger partial charge in [-0.05, 0) is 34.3 Å². The number of ether oxygens (including phenoxy) is 1. The Morgan fingerprint density at radius 2 is 1.93 bits per heavy atom. The van der Waals surface area contributed by atoms with E-state index in [1.807, 2.05) is 30.7 Å². The minimum atomic E-state index is -0.294. The van der Waals surface area contributed by atoms with E-state index >= 15 is 0 Å². The summed E-state index contributed by atoms with van der Waals surface area (Å²) in [6, 6.07) is 2.00. The normalized spacial score (nSPS) is 15.1. The fourth-order valence-corrected chi connectivity index (χ4v) is 5.01. The number of amides is 2. The maximum absolute atomic E-state index is 12.8. The molecule has 0 radical (unpaired) electrons. The Morgan fingerprint density at radius 1 is 1.19 bits per heavy atom. The number of carbonyl (C=O) groups excluding carboxylic acids is 2. The van der Waals surface area contributed by atoms with Crippen molar-refractivity contribution in [1.82, 2.24) is 14.8 Å². The summed E-state index contributed by atoms with van der Waals surface area (Å²) in [6.07, 6.45) is 0.439. The van der Waals surface area contributed by atoms with Crippen molar-refractivity contribution in [3.8, 4) is 9.88 Å². The van der Waals surface area contributed by atoms with Gasteiger partial charge in [-0.1, -0.05) is 13.8 Å². The molecule has 1 aliphatic heterocycles. The van der Waals surface area contributed by atoms with E-state index in [0.29, 0.717) is 44.4 Å². The maximum atomic E-state index is 12.8. The SMILES string of the molecule is CC(C)COC(=O)N1CCCN(C(=O)c2csc(-c3cc(Br)cs3)n2)CC1. The monoisotopic (exact) mass is 471 g/mol. The topological polar surface area (TPSA) is 62.7 Å². The predicted octanol–water partition coefficient (Wildman–Crippen LogP) is 4.57. The molecule has 0 N–H and O–H groups in total. The lowest BCUT2D eigenvalue weighted by Gasteiger charge is -2.21. The highest BCUT2D eigenvalue weighted by Crippen LogP contribution is 2.32. The number of aromatic nitrogens is 1. The van der Waals surface area contributed by atoms with Gasteiger partial charge in [-0.2, -0.15) is 0 Å². The molecule has 6 nitrogen and oxygen atoms in total. The number of halogens is 1. The van der Waals surface area contributed by atoms with Crippen LogP contribution in [0.1, 0.15) is 30.8 Å². The van der Waals surface area contributed by atoms with E-state index in [1.165, 1.54) is 11.3 Å². The van der Waals surface area contributed by atoms with Crippen molar-refractivity contribution < 1.29 is 14.3 Å². The third-order valence-electron chi connectivity index (χ3n) is 4.08. The average molecular weight is 472 g/mol. The van der Waals surface area contributed by atoms with Gasteiger partial charge in [0.05, 0.1) is 11.5 Å². The van der Waals surface area contributed by atoms with Crippen LogP contribution in [0.3, 0.4) is 0 Å². The Balaban J connectivity index is 1.59. The summed E-state index contributed by atoms with van der Waals surface area (Å²) in [5, 5.41) is 4.66. The molecule has 9 heteroatoms. The van der Waals surface area contributed by atoms with Gasteiger partial charge in [-0.15, -0.1) is 22.7 Å². The second-order valence-electron chi connectivity index (χ2n) is 6.77. The van der Waals surface area contributed by atoms with Crippen LogP contribution < -0.4 is 0 Å². The van der Waals surface area contributed by atoms with Gasteiger partial charge in [0, 0.05) is 41.4 Å². The number of nitrogens with zero attached hydrogens (tertiary/aromatic N) is 3. The molecule has 0 aliphatic carbocycles. The van der Waals surface area contributed by atoms with E-state index in [2.05, 4.69) is 20.9 Å². The van der Waals surface area contributed by atoms with Gasteiger partial charge < -0.3 is 14.5 Å². The van der Waals surface area contributed by atoms with E-state index < -0.39 is 0 Å². The second kappa shape index (κ2) is 9.16. The molecule has 27 heavy (non-hydrogen) atoms. The van der Waals surface area contributed by atoms with Gasteiger partial charge in [0.1, 0.15) is 10.7 Å². The lowest BCUT2D eigenvalue weighted by molar-refractivity contribution is 0.0742. The van der Waals surface area contributed by atoms with E-state index in [0.717, 1.165) is 20.8 Å². The predicted molar refractivity (Wildman–Crippen MR) is 111 cm³/mol. The summed E-state index contributed by atoms with van der Waals surface area (Å²) < 4.78 is 6.32. The van der Waals surface area contributed by atoms with Crippen LogP contribution in [0.15, 0.2) is 21.3 Å². The van der Waals surface area contributed by atoms with Crippen molar-refractivity contribution in [2.75, 3.05) is 32.8 Å². The van der Waals surface area contributed by atoms with Crippen molar-refractivity contribution >= 4 is 50.6 Å². The van der Waals surface area contributed by atoms with Crippen LogP contribution in [-0.2, 0) is 4.74 Å². The molecule has 0 aromatic carbocycles. The van der Waals surface area contributed by atoms with Gasteiger partial charge in [-0.25, -0.2) is 9.78 Å². The van der Waals surface area contributed by atoms with Gasteiger partial charge in [0.15, 0.2) is 0 Å². The molecule has 0 atom stereocenters. The number of hydrogen-bond donors (Lipinski definition) is 0. The Hall–Kier alpha value is -1.45. The summed E-state index contributed by atoms with van der Waals surface area (Å²) in [5.41, 5.74) is 0.468. The smallest absolute Gasteiger partial charge is 0.409 e. The minimum absolute atomic E-state index is 0.0782. The summed E-state index contributed by atoms with van der Waals surface area (Å²) in [4.78, 5) is 34.0. The average Bonchev–Trinajstić information content (AvgIpc) is 3.22. The van der Waals surface area contributed by atoms with Crippen LogP contribution in [0.25, 0.3) is 9.88 Å². The maximum Gasteiger partial charge on any atom is 0.409 e. The molecule has 1 saturated heterocycles. The van der Waals surface area contributed by atoms with Gasteiger partial charge in [-0.3, -0.25) is 4.79 Å². The molecule has 0 saturated carbocycles. The van der Waals surface area contributed by atoms with Crippen molar-refractivity contribution in [1.29, 1.82) is 0 Å². The molecule has 1 aliphatic rings. The molecule has 3 heterocycles. The Bertz CT molecular complexity index is 805. The van der Waals surface area contributed by atoms with Gasteiger partial charge >= 0.3 is 6.09 Å². The first-order valence-electron chi connectivity index (χ1n) is 8.85. The standard InChI is InChI=1S/C18H22BrN3O3S2/c1-12(2)9-25-18(24)22-5-3-4-21(6-7-22)17(23)14-11-27-16(20-14)15-8-13(19)10-26-15/h8,10-12H,3-7,9H2,1-2H3. The quantitative estimate of drug-likeness (QED) is 0.654. The fraction of sp³-hybridized carbons (Fsp3) is 0.500. The fourth-order valence-electron chi connectivity index (χ4n) is 2.70. The Labute approximate surface area is 175 Å². The second-order valence-corrected chi connectivity index (χ2v) is 9.46. The van der Waals surface area contributed by atoms with Crippen LogP contribution in [0.2, 0.25) is 0 Å². The summed E-state index contributed by atoms with van der Waals surface area (Å²) in [7, 11) is 0. The molecular weight excluding hydrogens is 450 g/mol. The van der Waals surface area contributed by atoms with Crippen molar-refractivity contribution in [2.45, 2.75) is 20.3 Å². The van der Waals surface area contributed by atoms with E-state index in [4.69, 9.17) is 4.74 Å². The van der Waals surface area contributed by atoms with Crippen molar-refractivity contribution in [3.63, 3.8) is 0 Å². The highest BCUT2D eigenvalue weighted by Gasteiger charge is 2.25. The molecule has 146 valence electrons. The van der Waals surface area contributed by atoms with Crippen LogP contribution in [-0.4, -0.2) is 59.6 Å². The van der Waals surface area contributed by atoms with Crippen LogP contribution in [0.5, 0.6) is 0 Å². The molecule has 0 unspecified atom stereocenters. The molecule has 2 aromatic heterocycles. The van der Waals surface area contributed by atoms with Gasteiger partial charge in [0.25, 0.3) is 5.91 Å². The number of rotatable bonds is 4. The van der Waals surface area contributed by atoms with Crippen LogP contribution in [0.4, 0.5) is 4.79 Å². The molecule has 0 bridgehead atoms. The zero-order valence-corrected chi connectivity index (χ0v) is 18.5. The lowest BCUT2D eigenvalue weighted by atomic mass is 10.2. The molecule has 2 aromatic rings. The summed E-state index contributed by atoms with van der Waals surface area (Å²) >= 11 is 6.51. The van der Waals surface area contributed by atoms with E-state index in [-0.39, 0.29) is 12.0 Å². The minimum Gasteiger partial charge on any atom is -0.449 e. The Morgan fingerprint density at radius 3 is 2.63 bits per heavy atom. The molecule has 0 spiro atoms. The van der Waals surface area contributed by atoms with E-state index in [1.54, 1.807) is 21.1 Å². The van der Waals surface area contributed by atoms with Crippen molar-refractivity contribution in [2.24, 2.45) is 5.92 Å². The third-order valence-corrected chi connectivity index (χ3v) is 6.79. The van der Waals surface area contributed by atoms with Crippen LogP contribution >= 0.6 is 38.6 Å². The first-order valence-corrected chi connectivity index (χ1v) is 11.4. The summed E-state index contributed by atoms with van der Waals surface area (Å²) in [6.45, 7) is 6.62. The number of carbonyl (C=O) groups is 2. The molecule has 2 amide bonds. The number of thiophene rings is 1. The summed E-state index contributed by atoms with van der Waals surface area (Å²) in [5.74, 6) is 0.229.